The molecule has 0 spiro atoms. The quantitative estimate of drug-likeness (QED) is 0.449. The largest absolute Gasteiger partial charge is 0.473 e. The van der Waals surface area contributed by atoms with E-state index in [-0.39, 0.29) is 17.5 Å². The average Bonchev–Trinajstić information content (AvgIpc) is 2.66. The van der Waals surface area contributed by atoms with Gasteiger partial charge in [0.1, 0.15) is 5.69 Å². The molecule has 0 unspecified atom stereocenters. The first kappa shape index (κ1) is 16.4. The Morgan fingerprint density at radius 3 is 2.55 bits per heavy atom. The summed E-state index contributed by atoms with van der Waals surface area (Å²) < 4.78 is 7.01. The van der Waals surface area contributed by atoms with Gasteiger partial charge in [-0.15, -0.1) is 0 Å². The summed E-state index contributed by atoms with van der Waals surface area (Å²) in [6.45, 7) is 9.15. The van der Waals surface area contributed by atoms with E-state index in [1.807, 2.05) is 13.8 Å². The first-order valence-corrected chi connectivity index (χ1v) is 6.92. The Kier molecular flexibility index (Phi) is 5.94. The summed E-state index contributed by atoms with van der Waals surface area (Å²) in [4.78, 5) is 10.8. The number of nitrogens with one attached hydrogen (secondary N) is 1. The van der Waals surface area contributed by atoms with E-state index < -0.39 is 4.92 Å². The lowest BCUT2D eigenvalue weighted by Crippen LogP contribution is -2.25. The van der Waals surface area contributed by atoms with Crippen molar-refractivity contribution < 1.29 is 9.66 Å². The monoisotopic (exact) mass is 284 g/mol. The van der Waals surface area contributed by atoms with Gasteiger partial charge < -0.3 is 10.1 Å². The highest BCUT2D eigenvalue weighted by Gasteiger charge is 2.29. The number of nitro groups is 1. The molecule has 0 aliphatic carbocycles. The van der Waals surface area contributed by atoms with Crippen molar-refractivity contribution in [2.75, 3.05) is 13.2 Å². The van der Waals surface area contributed by atoms with E-state index in [0.717, 1.165) is 13.0 Å². The Bertz CT molecular complexity index is 455. The standard InChI is InChI=1S/C13H24N4O3/c1-9(2)11-12(17(18)19)13(16(5)15-11)20-8-6-7-14-10(3)4/h9-10,14H,6-8H2,1-5H3. The third-order valence-electron chi connectivity index (χ3n) is 2.84. The lowest BCUT2D eigenvalue weighted by Gasteiger charge is -2.08. The molecule has 0 saturated carbocycles. The Morgan fingerprint density at radius 1 is 1.40 bits per heavy atom. The van der Waals surface area contributed by atoms with Crippen molar-refractivity contribution in [3.8, 4) is 5.88 Å². The predicted octanol–water partition coefficient (Wildman–Crippen LogP) is 2.22. The summed E-state index contributed by atoms with van der Waals surface area (Å²) >= 11 is 0. The van der Waals surface area contributed by atoms with Gasteiger partial charge in [-0.2, -0.15) is 5.10 Å². The van der Waals surface area contributed by atoms with Crippen LogP contribution < -0.4 is 10.1 Å². The molecule has 20 heavy (non-hydrogen) atoms. The van der Waals surface area contributed by atoms with E-state index in [9.17, 15) is 10.1 Å². The number of ether oxygens (including phenoxy) is 1. The molecule has 0 aliphatic rings. The number of nitrogens with zero attached hydrogens (tertiary/aromatic N) is 3. The maximum absolute atomic E-state index is 11.2. The van der Waals surface area contributed by atoms with Crippen molar-refractivity contribution in [2.45, 2.75) is 46.1 Å². The van der Waals surface area contributed by atoms with Crippen LogP contribution in [0.15, 0.2) is 0 Å². The molecule has 0 amide bonds. The Labute approximate surface area is 119 Å². The molecule has 1 rings (SSSR count). The number of hydrogen-bond donors (Lipinski definition) is 1. The highest BCUT2D eigenvalue weighted by atomic mass is 16.6. The van der Waals surface area contributed by atoms with Gasteiger partial charge in [-0.25, -0.2) is 4.68 Å². The minimum absolute atomic E-state index is 0.0124. The maximum atomic E-state index is 11.2. The number of hydrogen-bond acceptors (Lipinski definition) is 5. The van der Waals surface area contributed by atoms with Gasteiger partial charge in [0.25, 0.3) is 5.88 Å². The topological polar surface area (TPSA) is 82.2 Å². The van der Waals surface area contributed by atoms with Gasteiger partial charge in [-0.05, 0) is 13.0 Å². The number of aryl methyl sites for hydroxylation is 1. The van der Waals surface area contributed by atoms with Crippen LogP contribution in [0.2, 0.25) is 0 Å². The lowest BCUT2D eigenvalue weighted by molar-refractivity contribution is -0.386. The third kappa shape index (κ3) is 4.19. The van der Waals surface area contributed by atoms with Crippen molar-refractivity contribution in [3.63, 3.8) is 0 Å². The number of rotatable bonds is 8. The molecule has 1 aromatic heterocycles. The Hall–Kier alpha value is -1.63. The second-order valence-corrected chi connectivity index (χ2v) is 5.39. The van der Waals surface area contributed by atoms with E-state index in [1.54, 1.807) is 7.05 Å². The summed E-state index contributed by atoms with van der Waals surface area (Å²) in [5.74, 6) is 0.227. The predicted molar refractivity (Wildman–Crippen MR) is 77.2 cm³/mol. The molecule has 0 saturated heterocycles. The zero-order valence-corrected chi connectivity index (χ0v) is 12.8. The van der Waals surface area contributed by atoms with Crippen molar-refractivity contribution in [2.24, 2.45) is 7.05 Å². The van der Waals surface area contributed by atoms with E-state index in [2.05, 4.69) is 24.3 Å². The van der Waals surface area contributed by atoms with Crippen molar-refractivity contribution in [1.82, 2.24) is 15.1 Å². The van der Waals surface area contributed by atoms with Gasteiger partial charge in [0.15, 0.2) is 0 Å². The smallest absolute Gasteiger partial charge is 0.353 e. The minimum Gasteiger partial charge on any atom is -0.473 e. The summed E-state index contributed by atoms with van der Waals surface area (Å²) in [7, 11) is 1.67. The third-order valence-corrected chi connectivity index (χ3v) is 2.84. The minimum atomic E-state index is -0.413. The van der Waals surface area contributed by atoms with Gasteiger partial charge in [-0.3, -0.25) is 10.1 Å². The van der Waals surface area contributed by atoms with Crippen LogP contribution in [0.4, 0.5) is 5.69 Å². The first-order chi connectivity index (χ1) is 9.34. The van der Waals surface area contributed by atoms with Gasteiger partial charge in [0, 0.05) is 19.0 Å². The second kappa shape index (κ2) is 7.23. The van der Waals surface area contributed by atoms with Crippen molar-refractivity contribution >= 4 is 5.69 Å². The molecule has 1 aromatic rings. The maximum Gasteiger partial charge on any atom is 0.353 e. The fourth-order valence-electron chi connectivity index (χ4n) is 1.87. The average molecular weight is 284 g/mol. The van der Waals surface area contributed by atoms with E-state index in [1.165, 1.54) is 4.68 Å². The van der Waals surface area contributed by atoms with Gasteiger partial charge in [-0.1, -0.05) is 27.7 Å². The molecule has 114 valence electrons. The van der Waals surface area contributed by atoms with Crippen molar-refractivity contribution in [3.05, 3.63) is 15.8 Å². The molecule has 0 aromatic carbocycles. The molecule has 7 heteroatoms. The molecule has 0 aliphatic heterocycles. The summed E-state index contributed by atoms with van der Waals surface area (Å²) in [6.07, 6.45) is 0.789. The van der Waals surface area contributed by atoms with Crippen LogP contribution in [0.1, 0.15) is 45.7 Å². The van der Waals surface area contributed by atoms with Crippen molar-refractivity contribution in [1.29, 1.82) is 0 Å². The van der Waals surface area contributed by atoms with E-state index in [0.29, 0.717) is 18.3 Å². The number of aromatic nitrogens is 2. The Morgan fingerprint density at radius 2 is 2.05 bits per heavy atom. The van der Waals surface area contributed by atoms with Crippen LogP contribution in [0, 0.1) is 10.1 Å². The van der Waals surface area contributed by atoms with Crippen LogP contribution in [0.25, 0.3) is 0 Å². The SMILES string of the molecule is CC(C)NCCCOc1c([N+](=O)[O-])c(C(C)C)nn1C. The summed E-state index contributed by atoms with van der Waals surface area (Å²) in [6, 6.07) is 0.425. The second-order valence-electron chi connectivity index (χ2n) is 5.39. The first-order valence-electron chi connectivity index (χ1n) is 6.92. The fraction of sp³-hybridized carbons (Fsp3) is 0.769. The van der Waals surface area contributed by atoms with Gasteiger partial charge in [0.2, 0.25) is 0 Å². The summed E-state index contributed by atoms with van der Waals surface area (Å²) in [5.41, 5.74) is 0.451. The molecule has 1 N–H and O–H groups in total. The van der Waals surface area contributed by atoms with Crippen LogP contribution in [-0.2, 0) is 7.05 Å². The molecular formula is C13H24N4O3. The van der Waals surface area contributed by atoms with Crippen LogP contribution in [0.5, 0.6) is 5.88 Å². The molecule has 0 bridgehead atoms. The molecule has 0 radical (unpaired) electrons. The highest BCUT2D eigenvalue weighted by Crippen LogP contribution is 2.34. The van der Waals surface area contributed by atoms with Crippen LogP contribution in [-0.4, -0.2) is 33.9 Å². The summed E-state index contributed by atoms with van der Waals surface area (Å²) in [5, 5.41) is 18.7. The zero-order chi connectivity index (χ0) is 15.3. The van der Waals surface area contributed by atoms with Gasteiger partial charge >= 0.3 is 5.69 Å². The lowest BCUT2D eigenvalue weighted by atomic mass is 10.1. The zero-order valence-electron chi connectivity index (χ0n) is 12.8. The molecule has 0 atom stereocenters. The normalized spacial score (nSPS) is 11.3. The van der Waals surface area contributed by atoms with Gasteiger partial charge in [0.05, 0.1) is 11.5 Å². The molecule has 1 heterocycles. The van der Waals surface area contributed by atoms with E-state index >= 15 is 0 Å². The Balaban J connectivity index is 2.72. The fourth-order valence-corrected chi connectivity index (χ4v) is 1.87. The van der Waals surface area contributed by atoms with Crippen LogP contribution >= 0.6 is 0 Å². The molecular weight excluding hydrogens is 260 g/mol. The molecule has 0 fully saturated rings. The highest BCUT2D eigenvalue weighted by molar-refractivity contribution is 5.47. The molecule has 7 nitrogen and oxygen atoms in total. The van der Waals surface area contributed by atoms with Crippen LogP contribution in [0.3, 0.4) is 0 Å². The van der Waals surface area contributed by atoms with E-state index in [4.69, 9.17) is 4.74 Å².